The topological polar surface area (TPSA) is 32.3 Å². The Morgan fingerprint density at radius 2 is 1.86 bits per heavy atom. The fraction of sp³-hybridized carbons (Fsp3) is 0.350. The lowest BCUT2D eigenvalue weighted by Gasteiger charge is -2.32. The molecule has 8 heteroatoms. The summed E-state index contributed by atoms with van der Waals surface area (Å²) < 4.78 is 26.3. The van der Waals surface area contributed by atoms with E-state index in [2.05, 4.69) is 10.2 Å². The Hall–Kier alpha value is -1.34. The zero-order valence-electron chi connectivity index (χ0n) is 15.1. The molecule has 0 radical (unpaired) electrons. The molecular formula is C20H20Cl2F2N2OS. The van der Waals surface area contributed by atoms with Crippen LogP contribution in [0.4, 0.5) is 8.78 Å². The highest BCUT2D eigenvalue weighted by Crippen LogP contribution is 2.29. The summed E-state index contributed by atoms with van der Waals surface area (Å²) in [5.41, 5.74) is 0.746. The molecule has 0 saturated carbocycles. The third kappa shape index (κ3) is 6.08. The summed E-state index contributed by atoms with van der Waals surface area (Å²) in [5, 5.41) is 4.21. The molecule has 3 rings (SSSR count). The van der Waals surface area contributed by atoms with Gasteiger partial charge in [-0.25, -0.2) is 8.78 Å². The number of nitrogens with zero attached hydrogens (tertiary/aromatic N) is 1. The van der Waals surface area contributed by atoms with E-state index in [0.29, 0.717) is 16.6 Å². The highest BCUT2D eigenvalue weighted by molar-refractivity contribution is 8.00. The first-order chi connectivity index (χ1) is 13.4. The van der Waals surface area contributed by atoms with Crippen molar-refractivity contribution in [2.24, 2.45) is 0 Å². The van der Waals surface area contributed by atoms with E-state index in [9.17, 15) is 13.6 Å². The number of halogens is 4. The van der Waals surface area contributed by atoms with Crippen LogP contribution in [-0.2, 0) is 11.3 Å². The van der Waals surface area contributed by atoms with Crippen LogP contribution >= 0.6 is 35.0 Å². The lowest BCUT2D eigenvalue weighted by molar-refractivity contribution is -0.119. The Kier molecular flexibility index (Phi) is 7.57. The number of carbonyl (C=O) groups is 1. The molecule has 1 fully saturated rings. The lowest BCUT2D eigenvalue weighted by Crippen LogP contribution is -2.44. The maximum absolute atomic E-state index is 13.3. The van der Waals surface area contributed by atoms with Gasteiger partial charge in [-0.2, -0.15) is 0 Å². The maximum Gasteiger partial charge on any atom is 0.230 e. The van der Waals surface area contributed by atoms with Crippen molar-refractivity contribution >= 4 is 40.9 Å². The van der Waals surface area contributed by atoms with Crippen molar-refractivity contribution in [3.05, 3.63) is 63.6 Å². The van der Waals surface area contributed by atoms with Gasteiger partial charge in [0.05, 0.1) is 10.8 Å². The van der Waals surface area contributed by atoms with Gasteiger partial charge < -0.3 is 5.32 Å². The van der Waals surface area contributed by atoms with E-state index < -0.39 is 11.6 Å². The average molecular weight is 445 g/mol. The summed E-state index contributed by atoms with van der Waals surface area (Å²) in [4.78, 5) is 15.2. The van der Waals surface area contributed by atoms with Crippen LogP contribution in [0.1, 0.15) is 18.4 Å². The molecule has 2 aromatic carbocycles. The number of likely N-dealkylation sites (tertiary alicyclic amines) is 1. The molecule has 0 spiro atoms. The molecule has 1 amide bonds. The maximum atomic E-state index is 13.3. The van der Waals surface area contributed by atoms with Crippen LogP contribution in [0.25, 0.3) is 0 Å². The Bertz CT molecular complexity index is 845. The fourth-order valence-corrected chi connectivity index (χ4v) is 4.44. The molecular weight excluding hydrogens is 425 g/mol. The minimum atomic E-state index is -0.831. The first kappa shape index (κ1) is 21.4. The van der Waals surface area contributed by atoms with Crippen molar-refractivity contribution in [1.29, 1.82) is 0 Å². The van der Waals surface area contributed by atoms with Gasteiger partial charge in [0.25, 0.3) is 0 Å². The number of thioether (sulfide) groups is 1. The fourth-order valence-electron chi connectivity index (χ4n) is 3.13. The monoisotopic (exact) mass is 444 g/mol. The quantitative estimate of drug-likeness (QED) is 0.625. The second-order valence-corrected chi connectivity index (χ2v) is 8.59. The number of piperidine rings is 1. The van der Waals surface area contributed by atoms with Crippen molar-refractivity contribution in [2.45, 2.75) is 30.3 Å². The summed E-state index contributed by atoms with van der Waals surface area (Å²) in [7, 11) is 0. The molecule has 150 valence electrons. The lowest BCUT2D eigenvalue weighted by atomic mass is 10.0. The van der Waals surface area contributed by atoms with Crippen molar-refractivity contribution in [3.8, 4) is 0 Å². The van der Waals surface area contributed by atoms with Gasteiger partial charge in [-0.3, -0.25) is 9.69 Å². The van der Waals surface area contributed by atoms with Crippen molar-refractivity contribution in [1.82, 2.24) is 10.2 Å². The summed E-state index contributed by atoms with van der Waals surface area (Å²) >= 11 is 13.4. The third-order valence-electron chi connectivity index (χ3n) is 4.59. The van der Waals surface area contributed by atoms with Gasteiger partial charge in [-0.1, -0.05) is 29.3 Å². The van der Waals surface area contributed by atoms with E-state index in [0.717, 1.165) is 42.5 Å². The van der Waals surface area contributed by atoms with Gasteiger partial charge >= 0.3 is 0 Å². The van der Waals surface area contributed by atoms with E-state index in [1.807, 2.05) is 0 Å². The Morgan fingerprint density at radius 1 is 1.11 bits per heavy atom. The largest absolute Gasteiger partial charge is 0.353 e. The first-order valence-electron chi connectivity index (χ1n) is 8.94. The molecule has 1 aliphatic heterocycles. The van der Waals surface area contributed by atoms with Crippen LogP contribution < -0.4 is 5.32 Å². The zero-order chi connectivity index (χ0) is 20.1. The second-order valence-electron chi connectivity index (χ2n) is 6.73. The van der Waals surface area contributed by atoms with Gasteiger partial charge in [0.15, 0.2) is 11.6 Å². The van der Waals surface area contributed by atoms with E-state index >= 15 is 0 Å². The number of benzene rings is 2. The number of hydrogen-bond donors (Lipinski definition) is 1. The van der Waals surface area contributed by atoms with Gasteiger partial charge in [0.2, 0.25) is 5.91 Å². The third-order valence-corrected chi connectivity index (χ3v) is 6.33. The molecule has 1 N–H and O–H groups in total. The normalized spacial score (nSPS) is 15.6. The van der Waals surface area contributed by atoms with E-state index in [4.69, 9.17) is 23.2 Å². The van der Waals surface area contributed by atoms with Crippen LogP contribution in [0.15, 0.2) is 41.3 Å². The van der Waals surface area contributed by atoms with E-state index in [1.165, 1.54) is 17.8 Å². The molecule has 0 atom stereocenters. The second kappa shape index (κ2) is 9.92. The van der Waals surface area contributed by atoms with Gasteiger partial charge in [0.1, 0.15) is 0 Å². The van der Waals surface area contributed by atoms with Crippen LogP contribution in [0, 0.1) is 11.6 Å². The molecule has 3 nitrogen and oxygen atoms in total. The number of rotatable bonds is 6. The molecule has 0 bridgehead atoms. The van der Waals surface area contributed by atoms with Crippen LogP contribution in [0.2, 0.25) is 10.0 Å². The van der Waals surface area contributed by atoms with Crippen molar-refractivity contribution in [2.75, 3.05) is 18.8 Å². The molecule has 1 aliphatic rings. The zero-order valence-corrected chi connectivity index (χ0v) is 17.4. The summed E-state index contributed by atoms with van der Waals surface area (Å²) in [6.07, 6.45) is 1.63. The number of nitrogens with one attached hydrogen (secondary N) is 1. The smallest absolute Gasteiger partial charge is 0.230 e. The highest BCUT2D eigenvalue weighted by atomic mass is 35.5. The van der Waals surface area contributed by atoms with E-state index in [1.54, 1.807) is 24.3 Å². The summed E-state index contributed by atoms with van der Waals surface area (Å²) in [5.74, 6) is -1.42. The molecule has 0 unspecified atom stereocenters. The molecule has 1 saturated heterocycles. The van der Waals surface area contributed by atoms with Crippen molar-refractivity contribution < 1.29 is 13.6 Å². The first-order valence-corrected chi connectivity index (χ1v) is 10.7. The summed E-state index contributed by atoms with van der Waals surface area (Å²) in [6.45, 7) is 2.15. The number of hydrogen-bond acceptors (Lipinski definition) is 3. The number of amides is 1. The summed E-state index contributed by atoms with van der Waals surface area (Å²) in [6, 6.07) is 9.28. The molecule has 1 heterocycles. The van der Waals surface area contributed by atoms with E-state index in [-0.39, 0.29) is 17.7 Å². The standard InChI is InChI=1S/C20H20Cl2F2N2OS/c21-14-2-3-16(22)19(10-14)28-12-20(27)25-15-5-7-26(8-6-15)11-13-1-4-17(23)18(24)9-13/h1-4,9-10,15H,5-8,11-12H2,(H,25,27). The minimum absolute atomic E-state index is 0.0416. The average Bonchev–Trinajstić information content (AvgIpc) is 2.67. The van der Waals surface area contributed by atoms with Crippen LogP contribution in [0.3, 0.4) is 0 Å². The predicted octanol–water partition coefficient (Wildman–Crippen LogP) is 5.14. The minimum Gasteiger partial charge on any atom is -0.353 e. The van der Waals surface area contributed by atoms with Gasteiger partial charge in [0, 0.05) is 35.6 Å². The Balaban J connectivity index is 1.41. The highest BCUT2D eigenvalue weighted by Gasteiger charge is 2.21. The molecule has 0 aliphatic carbocycles. The molecule has 28 heavy (non-hydrogen) atoms. The Labute approximate surface area is 177 Å². The van der Waals surface area contributed by atoms with Crippen LogP contribution in [0.5, 0.6) is 0 Å². The molecule has 2 aromatic rings. The van der Waals surface area contributed by atoms with Crippen molar-refractivity contribution in [3.63, 3.8) is 0 Å². The predicted molar refractivity (Wildman–Crippen MR) is 110 cm³/mol. The van der Waals surface area contributed by atoms with Gasteiger partial charge in [-0.05, 0) is 48.7 Å². The number of carbonyl (C=O) groups excluding carboxylic acids is 1. The Morgan fingerprint density at radius 3 is 2.57 bits per heavy atom. The SMILES string of the molecule is O=C(CSc1cc(Cl)ccc1Cl)NC1CCN(Cc2ccc(F)c(F)c2)CC1. The van der Waals surface area contributed by atoms with Crippen LogP contribution in [-0.4, -0.2) is 35.7 Å². The molecule has 0 aromatic heterocycles. The van der Waals surface area contributed by atoms with Gasteiger partial charge in [-0.15, -0.1) is 11.8 Å².